The van der Waals surface area contributed by atoms with E-state index in [0.29, 0.717) is 11.5 Å². The monoisotopic (exact) mass is 228 g/mol. The van der Waals surface area contributed by atoms with Crippen molar-refractivity contribution in [3.8, 4) is 11.4 Å². The van der Waals surface area contributed by atoms with Crippen LogP contribution < -0.4 is 0 Å². The number of aliphatic hydroxyl groups excluding tert-OH is 1. The molecule has 3 nitrogen and oxygen atoms in total. The standard InChI is InChI=1S/C14H16N2O/c1-3-11-4-6-12(7-5-11)14-15-10(2)8-13(9-17)16-14/h4-8,17H,3,9H2,1-2H3. The Balaban J connectivity index is 2.41. The van der Waals surface area contributed by atoms with Gasteiger partial charge in [-0.1, -0.05) is 31.2 Å². The fourth-order valence-corrected chi connectivity index (χ4v) is 1.73. The van der Waals surface area contributed by atoms with Crippen LogP contribution in [-0.2, 0) is 13.0 Å². The summed E-state index contributed by atoms with van der Waals surface area (Å²) in [5.74, 6) is 0.678. The lowest BCUT2D eigenvalue weighted by Gasteiger charge is -2.05. The fraction of sp³-hybridized carbons (Fsp3) is 0.286. The molecule has 0 aliphatic carbocycles. The van der Waals surface area contributed by atoms with Gasteiger partial charge in [0.2, 0.25) is 0 Å². The van der Waals surface area contributed by atoms with Crippen LogP contribution >= 0.6 is 0 Å². The maximum Gasteiger partial charge on any atom is 0.159 e. The number of nitrogens with zero attached hydrogens (tertiary/aromatic N) is 2. The van der Waals surface area contributed by atoms with E-state index in [0.717, 1.165) is 17.7 Å². The molecule has 0 saturated heterocycles. The molecule has 0 amide bonds. The highest BCUT2D eigenvalue weighted by Gasteiger charge is 2.04. The minimum absolute atomic E-state index is 0.0522. The van der Waals surface area contributed by atoms with Gasteiger partial charge in [0.05, 0.1) is 12.3 Å². The molecule has 1 aromatic carbocycles. The maximum absolute atomic E-state index is 9.13. The summed E-state index contributed by atoms with van der Waals surface area (Å²) in [6.45, 7) is 3.98. The third-order valence-electron chi connectivity index (χ3n) is 2.69. The van der Waals surface area contributed by atoms with E-state index < -0.39 is 0 Å². The fourth-order valence-electron chi connectivity index (χ4n) is 1.73. The molecule has 0 unspecified atom stereocenters. The highest BCUT2D eigenvalue weighted by molar-refractivity contribution is 5.55. The number of hydrogen-bond donors (Lipinski definition) is 1. The van der Waals surface area contributed by atoms with Gasteiger partial charge < -0.3 is 5.11 Å². The number of hydrogen-bond acceptors (Lipinski definition) is 3. The molecule has 0 atom stereocenters. The van der Waals surface area contributed by atoms with Crippen LogP contribution in [0.25, 0.3) is 11.4 Å². The summed E-state index contributed by atoms with van der Waals surface area (Å²) in [6.07, 6.45) is 1.02. The zero-order valence-electron chi connectivity index (χ0n) is 10.1. The van der Waals surface area contributed by atoms with Crippen molar-refractivity contribution in [3.63, 3.8) is 0 Å². The quantitative estimate of drug-likeness (QED) is 0.878. The molecular weight excluding hydrogens is 212 g/mol. The van der Waals surface area contributed by atoms with Gasteiger partial charge in [-0.15, -0.1) is 0 Å². The molecule has 0 radical (unpaired) electrons. The van der Waals surface area contributed by atoms with Crippen LogP contribution in [0.4, 0.5) is 0 Å². The van der Waals surface area contributed by atoms with Gasteiger partial charge in [0.25, 0.3) is 0 Å². The molecular formula is C14H16N2O. The van der Waals surface area contributed by atoms with E-state index in [4.69, 9.17) is 5.11 Å². The van der Waals surface area contributed by atoms with E-state index in [2.05, 4.69) is 29.0 Å². The van der Waals surface area contributed by atoms with Crippen molar-refractivity contribution in [2.45, 2.75) is 26.9 Å². The van der Waals surface area contributed by atoms with Crippen molar-refractivity contribution < 1.29 is 5.11 Å². The molecule has 0 saturated carbocycles. The summed E-state index contributed by atoms with van der Waals surface area (Å²) in [4.78, 5) is 8.70. The third-order valence-corrected chi connectivity index (χ3v) is 2.69. The SMILES string of the molecule is CCc1ccc(-c2nc(C)cc(CO)n2)cc1. The van der Waals surface area contributed by atoms with E-state index in [1.807, 2.05) is 19.1 Å². The number of aromatic nitrogens is 2. The molecule has 1 aromatic heterocycles. The number of aliphatic hydroxyl groups is 1. The second kappa shape index (κ2) is 5.06. The van der Waals surface area contributed by atoms with Gasteiger partial charge in [0, 0.05) is 11.3 Å². The van der Waals surface area contributed by atoms with Crippen molar-refractivity contribution in [2.75, 3.05) is 0 Å². The molecule has 17 heavy (non-hydrogen) atoms. The minimum atomic E-state index is -0.0522. The second-order valence-corrected chi connectivity index (χ2v) is 4.03. The highest BCUT2D eigenvalue weighted by atomic mass is 16.3. The largest absolute Gasteiger partial charge is 0.390 e. The van der Waals surface area contributed by atoms with Crippen molar-refractivity contribution in [1.29, 1.82) is 0 Å². The van der Waals surface area contributed by atoms with E-state index >= 15 is 0 Å². The van der Waals surface area contributed by atoms with Crippen molar-refractivity contribution in [1.82, 2.24) is 9.97 Å². The Morgan fingerprint density at radius 3 is 2.41 bits per heavy atom. The van der Waals surface area contributed by atoms with E-state index in [1.54, 1.807) is 6.07 Å². The Kier molecular flexibility index (Phi) is 3.49. The van der Waals surface area contributed by atoms with E-state index in [9.17, 15) is 0 Å². The summed E-state index contributed by atoms with van der Waals surface area (Å²) in [5.41, 5.74) is 3.81. The molecule has 88 valence electrons. The summed E-state index contributed by atoms with van der Waals surface area (Å²) < 4.78 is 0. The van der Waals surface area contributed by atoms with Crippen LogP contribution in [-0.4, -0.2) is 15.1 Å². The molecule has 0 bridgehead atoms. The summed E-state index contributed by atoms with van der Waals surface area (Å²) in [6, 6.07) is 10.0. The number of rotatable bonds is 3. The summed E-state index contributed by atoms with van der Waals surface area (Å²) >= 11 is 0. The minimum Gasteiger partial charge on any atom is -0.390 e. The predicted molar refractivity (Wildman–Crippen MR) is 67.5 cm³/mol. The van der Waals surface area contributed by atoms with Crippen LogP contribution in [0.15, 0.2) is 30.3 Å². The molecule has 0 fully saturated rings. The van der Waals surface area contributed by atoms with E-state index in [1.165, 1.54) is 5.56 Å². The van der Waals surface area contributed by atoms with Crippen LogP contribution in [0.1, 0.15) is 23.9 Å². The Morgan fingerprint density at radius 2 is 1.82 bits per heavy atom. The first-order valence-electron chi connectivity index (χ1n) is 5.77. The Labute approximate surface area is 101 Å². The molecule has 3 heteroatoms. The average molecular weight is 228 g/mol. The number of benzene rings is 1. The average Bonchev–Trinajstić information content (AvgIpc) is 2.38. The van der Waals surface area contributed by atoms with Crippen LogP contribution in [0.3, 0.4) is 0 Å². The van der Waals surface area contributed by atoms with Crippen LogP contribution in [0.5, 0.6) is 0 Å². The van der Waals surface area contributed by atoms with Gasteiger partial charge in [-0.2, -0.15) is 0 Å². The number of aryl methyl sites for hydroxylation is 2. The molecule has 1 N–H and O–H groups in total. The topological polar surface area (TPSA) is 46.0 Å². The van der Waals surface area contributed by atoms with Gasteiger partial charge in [0.15, 0.2) is 5.82 Å². The van der Waals surface area contributed by atoms with Gasteiger partial charge in [-0.05, 0) is 25.0 Å². The van der Waals surface area contributed by atoms with Crippen LogP contribution in [0.2, 0.25) is 0 Å². The summed E-state index contributed by atoms with van der Waals surface area (Å²) in [7, 11) is 0. The zero-order chi connectivity index (χ0) is 12.3. The lowest BCUT2D eigenvalue weighted by Crippen LogP contribution is -1.97. The highest BCUT2D eigenvalue weighted by Crippen LogP contribution is 2.17. The molecule has 0 aliphatic rings. The zero-order valence-corrected chi connectivity index (χ0v) is 10.1. The first-order chi connectivity index (χ1) is 8.22. The lowest BCUT2D eigenvalue weighted by atomic mass is 10.1. The van der Waals surface area contributed by atoms with Crippen molar-refractivity contribution in [3.05, 3.63) is 47.3 Å². The normalized spacial score (nSPS) is 10.5. The van der Waals surface area contributed by atoms with Crippen LogP contribution in [0, 0.1) is 6.92 Å². The first kappa shape index (κ1) is 11.7. The van der Waals surface area contributed by atoms with Gasteiger partial charge in [-0.25, -0.2) is 9.97 Å². The molecule has 2 aromatic rings. The lowest BCUT2D eigenvalue weighted by molar-refractivity contribution is 0.276. The first-order valence-corrected chi connectivity index (χ1v) is 5.77. The summed E-state index contributed by atoms with van der Waals surface area (Å²) in [5, 5.41) is 9.13. The molecule has 0 aliphatic heterocycles. The molecule has 1 heterocycles. The molecule has 2 rings (SSSR count). The van der Waals surface area contributed by atoms with Gasteiger partial charge >= 0.3 is 0 Å². The van der Waals surface area contributed by atoms with Crippen molar-refractivity contribution >= 4 is 0 Å². The van der Waals surface area contributed by atoms with Crippen molar-refractivity contribution in [2.24, 2.45) is 0 Å². The van der Waals surface area contributed by atoms with Gasteiger partial charge in [-0.3, -0.25) is 0 Å². The molecule has 0 spiro atoms. The van der Waals surface area contributed by atoms with E-state index in [-0.39, 0.29) is 6.61 Å². The Hall–Kier alpha value is -1.74. The predicted octanol–water partition coefficient (Wildman–Crippen LogP) is 2.51. The maximum atomic E-state index is 9.13. The smallest absolute Gasteiger partial charge is 0.159 e. The second-order valence-electron chi connectivity index (χ2n) is 4.03. The van der Waals surface area contributed by atoms with Gasteiger partial charge in [0.1, 0.15) is 0 Å². The Morgan fingerprint density at radius 1 is 1.12 bits per heavy atom. The third kappa shape index (κ3) is 2.68. The Bertz CT molecular complexity index is 506.